The molecule has 40 heavy (non-hydrogen) atoms. The van der Waals surface area contributed by atoms with Gasteiger partial charge in [-0.25, -0.2) is 0 Å². The molecule has 0 amide bonds. The van der Waals surface area contributed by atoms with Crippen LogP contribution in [0.3, 0.4) is 0 Å². The second-order valence-electron chi connectivity index (χ2n) is 12.3. The van der Waals surface area contributed by atoms with Crippen LogP contribution >= 0.6 is 0 Å². The number of halogens is 3. The van der Waals surface area contributed by atoms with Crippen LogP contribution in [-0.4, -0.2) is 50.4 Å². The molecule has 1 unspecified atom stereocenters. The van der Waals surface area contributed by atoms with Crippen LogP contribution in [0, 0.1) is 11.3 Å². The Hall–Kier alpha value is -3.33. The minimum atomic E-state index is -4.47. The maximum atomic E-state index is 14.3. The third-order valence-corrected chi connectivity index (χ3v) is 9.61. The van der Waals surface area contributed by atoms with E-state index >= 15 is 0 Å². The number of aromatic nitrogens is 3. The van der Waals surface area contributed by atoms with Gasteiger partial charge in [-0.1, -0.05) is 38.0 Å². The van der Waals surface area contributed by atoms with Crippen LogP contribution in [0.1, 0.15) is 62.3 Å². The molecule has 0 bridgehead atoms. The molecule has 2 aromatic rings. The number of anilines is 1. The maximum Gasteiger partial charge on any atom is 0.418 e. The van der Waals surface area contributed by atoms with E-state index in [1.54, 1.807) is 22.3 Å². The Balaban J connectivity index is 1.17. The van der Waals surface area contributed by atoms with E-state index < -0.39 is 11.7 Å². The summed E-state index contributed by atoms with van der Waals surface area (Å²) in [7, 11) is 1.96. The Morgan fingerprint density at radius 2 is 1.85 bits per heavy atom. The normalized spacial score (nSPS) is 23.5. The van der Waals surface area contributed by atoms with Crippen molar-refractivity contribution in [3.63, 3.8) is 0 Å². The zero-order valence-corrected chi connectivity index (χ0v) is 22.9. The van der Waals surface area contributed by atoms with Crippen LogP contribution in [-0.2, 0) is 7.05 Å². The summed E-state index contributed by atoms with van der Waals surface area (Å²) in [5.41, 5.74) is 2.45. The maximum absolute atomic E-state index is 14.3. The van der Waals surface area contributed by atoms with Crippen LogP contribution in [0.15, 0.2) is 78.3 Å². The average molecular weight is 549 g/mol. The molecule has 0 radical (unpaired) electrons. The van der Waals surface area contributed by atoms with Crippen molar-refractivity contribution < 1.29 is 13.2 Å². The molecule has 9 heteroatoms. The SMILES string of the molecule is C=C1N2C=C(CN3CC4(CCCC4)C3)C=C(C(F)(F)F)C2=CN1c1cccc(C(c2nncn2C)C2CCC2)c1. The molecule has 1 saturated heterocycles. The first kappa shape index (κ1) is 25.6. The Morgan fingerprint density at radius 1 is 1.07 bits per heavy atom. The van der Waals surface area contributed by atoms with E-state index in [4.69, 9.17) is 0 Å². The van der Waals surface area contributed by atoms with E-state index in [9.17, 15) is 13.2 Å². The van der Waals surface area contributed by atoms with Gasteiger partial charge in [0.15, 0.2) is 0 Å². The summed E-state index contributed by atoms with van der Waals surface area (Å²) >= 11 is 0. The first-order chi connectivity index (χ1) is 19.2. The average Bonchev–Trinajstić information content (AvgIpc) is 3.60. The third-order valence-electron chi connectivity index (χ3n) is 9.61. The van der Waals surface area contributed by atoms with E-state index in [0.29, 0.717) is 29.3 Å². The van der Waals surface area contributed by atoms with Gasteiger partial charge in [0.1, 0.15) is 18.0 Å². The fourth-order valence-corrected chi connectivity index (χ4v) is 7.42. The number of fused-ring (bicyclic) bond motifs is 1. The van der Waals surface area contributed by atoms with Crippen molar-refractivity contribution in [1.29, 1.82) is 0 Å². The zero-order chi connectivity index (χ0) is 27.6. The lowest BCUT2D eigenvalue weighted by molar-refractivity contribution is -0.0910. The van der Waals surface area contributed by atoms with Gasteiger partial charge in [0.2, 0.25) is 0 Å². The number of aryl methyl sites for hydroxylation is 1. The molecule has 5 aliphatic rings. The summed E-state index contributed by atoms with van der Waals surface area (Å²) in [6, 6.07) is 8.06. The molecular formula is C31H35F3N6. The molecule has 4 heterocycles. The van der Waals surface area contributed by atoms with Crippen molar-refractivity contribution in [3.8, 4) is 0 Å². The van der Waals surface area contributed by atoms with Crippen LogP contribution in [0.25, 0.3) is 0 Å². The van der Waals surface area contributed by atoms with Crippen molar-refractivity contribution in [2.24, 2.45) is 18.4 Å². The molecule has 2 saturated carbocycles. The topological polar surface area (TPSA) is 40.4 Å². The Kier molecular flexibility index (Phi) is 6.00. The van der Waals surface area contributed by atoms with Gasteiger partial charge < -0.3 is 14.4 Å². The van der Waals surface area contributed by atoms with Gasteiger partial charge in [-0.05, 0) is 66.4 Å². The number of rotatable bonds is 6. The van der Waals surface area contributed by atoms with Gasteiger partial charge in [0.05, 0.1) is 11.3 Å². The minimum Gasteiger partial charge on any atom is -0.320 e. The number of benzene rings is 1. The first-order valence-corrected chi connectivity index (χ1v) is 14.4. The van der Waals surface area contributed by atoms with Crippen molar-refractivity contribution in [1.82, 2.24) is 24.6 Å². The number of likely N-dealkylation sites (tertiary alicyclic amines) is 1. The van der Waals surface area contributed by atoms with Gasteiger partial charge in [0, 0.05) is 50.7 Å². The Morgan fingerprint density at radius 3 is 2.50 bits per heavy atom. The van der Waals surface area contributed by atoms with E-state index in [-0.39, 0.29) is 11.6 Å². The summed E-state index contributed by atoms with van der Waals surface area (Å²) in [5.74, 6) is 1.97. The predicted molar refractivity (Wildman–Crippen MR) is 148 cm³/mol. The van der Waals surface area contributed by atoms with E-state index in [1.165, 1.54) is 38.2 Å². The van der Waals surface area contributed by atoms with Gasteiger partial charge in [-0.15, -0.1) is 10.2 Å². The van der Waals surface area contributed by atoms with E-state index in [0.717, 1.165) is 43.0 Å². The predicted octanol–water partition coefficient (Wildman–Crippen LogP) is 6.44. The first-order valence-electron chi connectivity index (χ1n) is 14.4. The highest BCUT2D eigenvalue weighted by Crippen LogP contribution is 2.48. The van der Waals surface area contributed by atoms with Crippen LogP contribution in [0.2, 0.25) is 0 Å². The highest BCUT2D eigenvalue weighted by molar-refractivity contribution is 5.64. The summed E-state index contributed by atoms with van der Waals surface area (Å²) < 4.78 is 45.0. The highest BCUT2D eigenvalue weighted by Gasteiger charge is 2.46. The molecule has 210 valence electrons. The second kappa shape index (κ2) is 9.36. The van der Waals surface area contributed by atoms with Crippen LogP contribution in [0.4, 0.5) is 18.9 Å². The molecule has 7 rings (SSSR count). The summed E-state index contributed by atoms with van der Waals surface area (Å²) in [5, 5.41) is 8.53. The number of hydrogen-bond acceptors (Lipinski definition) is 5. The molecule has 1 aromatic carbocycles. The van der Waals surface area contributed by atoms with Crippen molar-refractivity contribution >= 4 is 5.69 Å². The number of nitrogens with zero attached hydrogens (tertiary/aromatic N) is 6. The molecule has 2 aliphatic carbocycles. The van der Waals surface area contributed by atoms with E-state index in [2.05, 4.69) is 33.8 Å². The fraction of sp³-hybridized carbons (Fsp3) is 0.484. The molecule has 3 aliphatic heterocycles. The van der Waals surface area contributed by atoms with Crippen LogP contribution < -0.4 is 4.90 Å². The molecule has 3 fully saturated rings. The van der Waals surface area contributed by atoms with Gasteiger partial charge in [0.25, 0.3) is 0 Å². The van der Waals surface area contributed by atoms with Crippen LogP contribution in [0.5, 0.6) is 0 Å². The Labute approximate surface area is 233 Å². The second-order valence-corrected chi connectivity index (χ2v) is 12.3. The molecule has 1 spiro atoms. The standard InChI is InChI=1S/C31H35F3N6/c1-21-39(25-10-6-9-24(14-25)28(23-7-5-8-23)29-36-35-20-37(29)2)17-27-26(31(32,33)34)13-22(16-40(21)27)15-38-18-30(19-38)11-3-4-12-30/h6,9-10,13-14,16-17,20,23,28H,1,3-5,7-8,11-12,15,18-19H2,2H3. The van der Waals surface area contributed by atoms with Crippen molar-refractivity contribution in [3.05, 3.63) is 89.7 Å². The molecule has 6 nitrogen and oxygen atoms in total. The van der Waals surface area contributed by atoms with Gasteiger partial charge >= 0.3 is 6.18 Å². The lowest BCUT2D eigenvalue weighted by atomic mass is 9.72. The number of allylic oxidation sites excluding steroid dienone is 1. The summed E-state index contributed by atoms with van der Waals surface area (Å²) in [4.78, 5) is 5.68. The Bertz CT molecular complexity index is 1410. The molecule has 1 atom stereocenters. The monoisotopic (exact) mass is 548 g/mol. The summed E-state index contributed by atoms with van der Waals surface area (Å²) in [6.07, 6.45) is 10.5. The minimum absolute atomic E-state index is 0.0872. The number of alkyl halides is 3. The van der Waals surface area contributed by atoms with Gasteiger partial charge in [-0.2, -0.15) is 13.2 Å². The van der Waals surface area contributed by atoms with Crippen molar-refractivity contribution in [2.45, 2.75) is 57.0 Å². The molecule has 1 aromatic heterocycles. The third kappa shape index (κ3) is 4.29. The smallest absolute Gasteiger partial charge is 0.320 e. The van der Waals surface area contributed by atoms with Crippen molar-refractivity contribution in [2.75, 3.05) is 24.5 Å². The largest absolute Gasteiger partial charge is 0.418 e. The molecular weight excluding hydrogens is 513 g/mol. The lowest BCUT2D eigenvalue weighted by Gasteiger charge is -2.49. The number of hydrogen-bond donors (Lipinski definition) is 0. The fourth-order valence-electron chi connectivity index (χ4n) is 7.42. The molecule has 0 N–H and O–H groups in total. The highest BCUT2D eigenvalue weighted by atomic mass is 19.4. The zero-order valence-electron chi connectivity index (χ0n) is 22.9. The quantitative estimate of drug-likeness (QED) is 0.415. The lowest BCUT2D eigenvalue weighted by Crippen LogP contribution is -2.55. The van der Waals surface area contributed by atoms with E-state index in [1.807, 2.05) is 29.9 Å². The summed E-state index contributed by atoms with van der Waals surface area (Å²) in [6.45, 7) is 6.73. The van der Waals surface area contributed by atoms with Gasteiger partial charge in [-0.3, -0.25) is 4.90 Å².